The van der Waals surface area contributed by atoms with E-state index in [0.717, 1.165) is 49.7 Å². The number of carbonyl (C=O) groups excluding carboxylic acids is 3. The van der Waals surface area contributed by atoms with Gasteiger partial charge in [-0.05, 0) is 98.9 Å². The van der Waals surface area contributed by atoms with E-state index in [1.54, 1.807) is 0 Å². The van der Waals surface area contributed by atoms with Crippen molar-refractivity contribution in [3.63, 3.8) is 0 Å². The van der Waals surface area contributed by atoms with Gasteiger partial charge in [-0.2, -0.15) is 0 Å². The second kappa shape index (κ2) is 15.3. The van der Waals surface area contributed by atoms with Gasteiger partial charge in [0.2, 0.25) is 0 Å². The molecule has 0 saturated carbocycles. The minimum absolute atomic E-state index is 0.0428. The number of rotatable bonds is 11. The number of ketones is 3. The average molecular weight is 533 g/mol. The second-order valence-electron chi connectivity index (χ2n) is 12.1. The van der Waals surface area contributed by atoms with Gasteiger partial charge in [0.1, 0.15) is 11.6 Å². The summed E-state index contributed by atoms with van der Waals surface area (Å²) < 4.78 is 0. The molecule has 0 saturated heterocycles. The summed E-state index contributed by atoms with van der Waals surface area (Å²) in [4.78, 5) is 37.5. The second-order valence-corrected chi connectivity index (χ2v) is 12.1. The SMILES string of the molecule is CCCC(CC1CC(=O)c2c(C)c(C)cc(C(C)C)c2C1)C(CC)C(=O)CC(C)=O.CCc1cccc(C)c1. The summed E-state index contributed by atoms with van der Waals surface area (Å²) in [5.41, 5.74) is 8.62. The maximum absolute atomic E-state index is 13.2. The van der Waals surface area contributed by atoms with Crippen molar-refractivity contribution in [2.24, 2.45) is 17.8 Å². The Morgan fingerprint density at radius 2 is 1.69 bits per heavy atom. The highest BCUT2D eigenvalue weighted by Gasteiger charge is 2.34. The number of benzene rings is 2. The van der Waals surface area contributed by atoms with Crippen LogP contribution in [0.3, 0.4) is 0 Å². The quantitative estimate of drug-likeness (QED) is 0.271. The van der Waals surface area contributed by atoms with E-state index in [9.17, 15) is 14.4 Å². The third kappa shape index (κ3) is 8.98. The summed E-state index contributed by atoms with van der Waals surface area (Å²) in [6.07, 6.45) is 6.34. The first kappa shape index (κ1) is 32.7. The normalized spacial score (nSPS) is 16.3. The molecule has 3 unspecified atom stereocenters. The predicted octanol–water partition coefficient (Wildman–Crippen LogP) is 9.11. The topological polar surface area (TPSA) is 51.2 Å². The van der Waals surface area contributed by atoms with Crippen LogP contribution in [0.5, 0.6) is 0 Å². The summed E-state index contributed by atoms with van der Waals surface area (Å²) >= 11 is 0. The van der Waals surface area contributed by atoms with E-state index < -0.39 is 0 Å². The van der Waals surface area contributed by atoms with Gasteiger partial charge in [-0.1, -0.05) is 83.4 Å². The highest BCUT2D eigenvalue weighted by atomic mass is 16.1. The van der Waals surface area contributed by atoms with Gasteiger partial charge in [-0.25, -0.2) is 0 Å². The Hall–Kier alpha value is -2.55. The van der Waals surface area contributed by atoms with E-state index in [0.29, 0.717) is 12.3 Å². The van der Waals surface area contributed by atoms with Gasteiger partial charge in [-0.3, -0.25) is 14.4 Å². The Labute approximate surface area is 238 Å². The van der Waals surface area contributed by atoms with Gasteiger partial charge < -0.3 is 0 Å². The van der Waals surface area contributed by atoms with Crippen molar-refractivity contribution in [1.29, 1.82) is 0 Å². The number of hydrogen-bond donors (Lipinski definition) is 0. The van der Waals surface area contributed by atoms with Crippen molar-refractivity contribution in [1.82, 2.24) is 0 Å². The summed E-state index contributed by atoms with van der Waals surface area (Å²) in [5, 5.41) is 0. The van der Waals surface area contributed by atoms with E-state index in [-0.39, 0.29) is 41.5 Å². The summed E-state index contributed by atoms with van der Waals surface area (Å²) in [5.74, 6) is 1.14. The van der Waals surface area contributed by atoms with E-state index in [1.165, 1.54) is 34.7 Å². The highest BCUT2D eigenvalue weighted by molar-refractivity contribution is 6.01. The zero-order valence-electron chi connectivity index (χ0n) is 26.1. The molecule has 39 heavy (non-hydrogen) atoms. The Kier molecular flexibility index (Phi) is 12.8. The van der Waals surface area contributed by atoms with Crippen LogP contribution in [-0.4, -0.2) is 17.3 Å². The Bertz CT molecular complexity index is 1140. The molecule has 2 aromatic rings. The fourth-order valence-corrected chi connectivity index (χ4v) is 6.42. The maximum atomic E-state index is 13.2. The van der Waals surface area contributed by atoms with Crippen molar-refractivity contribution < 1.29 is 14.4 Å². The van der Waals surface area contributed by atoms with Gasteiger partial charge in [0.15, 0.2) is 5.78 Å². The molecule has 3 nitrogen and oxygen atoms in total. The van der Waals surface area contributed by atoms with Crippen LogP contribution >= 0.6 is 0 Å². The first-order valence-electron chi connectivity index (χ1n) is 15.2. The van der Waals surface area contributed by atoms with Crippen molar-refractivity contribution >= 4 is 17.3 Å². The van der Waals surface area contributed by atoms with Gasteiger partial charge >= 0.3 is 0 Å². The zero-order chi connectivity index (χ0) is 29.3. The first-order chi connectivity index (χ1) is 18.4. The summed E-state index contributed by atoms with van der Waals surface area (Å²) in [7, 11) is 0. The molecular weight excluding hydrogens is 480 g/mol. The van der Waals surface area contributed by atoms with E-state index in [2.05, 4.69) is 85.7 Å². The molecular formula is C36H52O3. The predicted molar refractivity (Wildman–Crippen MR) is 164 cm³/mol. The molecule has 1 aliphatic rings. The van der Waals surface area contributed by atoms with Gasteiger partial charge in [0.25, 0.3) is 0 Å². The molecule has 0 aliphatic heterocycles. The van der Waals surface area contributed by atoms with E-state index in [4.69, 9.17) is 0 Å². The molecule has 3 rings (SSSR count). The molecule has 0 radical (unpaired) electrons. The van der Waals surface area contributed by atoms with Crippen LogP contribution in [-0.2, 0) is 22.4 Å². The number of carbonyl (C=O) groups is 3. The molecule has 0 heterocycles. The third-order valence-corrected chi connectivity index (χ3v) is 8.49. The van der Waals surface area contributed by atoms with Gasteiger partial charge in [-0.15, -0.1) is 0 Å². The monoisotopic (exact) mass is 532 g/mol. The summed E-state index contributed by atoms with van der Waals surface area (Å²) in [6.45, 7) is 18.6. The lowest BCUT2D eigenvalue weighted by molar-refractivity contribution is -0.129. The van der Waals surface area contributed by atoms with Crippen LogP contribution in [0.15, 0.2) is 30.3 Å². The van der Waals surface area contributed by atoms with Crippen molar-refractivity contribution in [2.45, 2.75) is 120 Å². The fraction of sp³-hybridized carbons (Fsp3) is 0.583. The van der Waals surface area contributed by atoms with Crippen molar-refractivity contribution in [3.8, 4) is 0 Å². The minimum atomic E-state index is -0.0744. The Morgan fingerprint density at radius 1 is 1.00 bits per heavy atom. The molecule has 0 spiro atoms. The van der Waals surface area contributed by atoms with Crippen molar-refractivity contribution in [2.75, 3.05) is 0 Å². The van der Waals surface area contributed by atoms with Crippen LogP contribution in [0.25, 0.3) is 0 Å². The van der Waals surface area contributed by atoms with Gasteiger partial charge in [0.05, 0.1) is 6.42 Å². The molecule has 0 aromatic heterocycles. The van der Waals surface area contributed by atoms with Crippen LogP contribution in [0.2, 0.25) is 0 Å². The number of hydrogen-bond acceptors (Lipinski definition) is 3. The van der Waals surface area contributed by atoms with Gasteiger partial charge in [0, 0.05) is 17.9 Å². The van der Waals surface area contributed by atoms with Crippen LogP contribution in [0.4, 0.5) is 0 Å². The number of Topliss-reactive ketones (excluding diaryl/α,β-unsaturated/α-hetero) is 3. The summed E-state index contributed by atoms with van der Waals surface area (Å²) in [6, 6.07) is 10.9. The molecule has 3 heteroatoms. The molecule has 0 amide bonds. The minimum Gasteiger partial charge on any atom is -0.300 e. The molecule has 0 fully saturated rings. The standard InChI is InChI=1S/C27H40O3.C9H12/c1-8-10-21(22(9-2)25(29)12-18(6)28)13-20-14-24-23(16(3)4)11-17(5)19(7)27(24)26(30)15-20;1-3-9-6-4-5-8(2)7-9/h11,16,20-22H,8-10,12-15H2,1-7H3;4-7H,3H2,1-2H3. The zero-order valence-corrected chi connectivity index (χ0v) is 26.1. The lowest BCUT2D eigenvalue weighted by atomic mass is 9.70. The van der Waals surface area contributed by atoms with Crippen molar-refractivity contribution in [3.05, 3.63) is 69.3 Å². The average Bonchev–Trinajstić information content (AvgIpc) is 2.86. The largest absolute Gasteiger partial charge is 0.300 e. The Balaban J connectivity index is 0.000000499. The lowest BCUT2D eigenvalue weighted by Crippen LogP contribution is -2.30. The van der Waals surface area contributed by atoms with Crippen LogP contribution in [0, 0.1) is 38.5 Å². The van der Waals surface area contributed by atoms with E-state index >= 15 is 0 Å². The number of aryl methyl sites for hydroxylation is 3. The van der Waals surface area contributed by atoms with Crippen LogP contribution in [0.1, 0.15) is 130 Å². The molecule has 3 atom stereocenters. The first-order valence-corrected chi connectivity index (χ1v) is 15.2. The lowest BCUT2D eigenvalue weighted by Gasteiger charge is -2.33. The Morgan fingerprint density at radius 3 is 2.21 bits per heavy atom. The fourth-order valence-electron chi connectivity index (χ4n) is 6.42. The highest BCUT2D eigenvalue weighted by Crippen LogP contribution is 2.39. The maximum Gasteiger partial charge on any atom is 0.163 e. The molecule has 0 N–H and O–H groups in total. The smallest absolute Gasteiger partial charge is 0.163 e. The van der Waals surface area contributed by atoms with Crippen LogP contribution < -0.4 is 0 Å². The molecule has 1 aliphatic carbocycles. The molecule has 0 bridgehead atoms. The molecule has 214 valence electrons. The third-order valence-electron chi connectivity index (χ3n) is 8.49. The van der Waals surface area contributed by atoms with E-state index in [1.807, 2.05) is 0 Å². The number of fused-ring (bicyclic) bond motifs is 1. The molecule has 2 aromatic carbocycles.